The highest BCUT2D eigenvalue weighted by Gasteiger charge is 2.21. The molecular weight excluding hydrogens is 383 g/mol. The van der Waals surface area contributed by atoms with E-state index in [0.29, 0.717) is 6.61 Å². The lowest BCUT2D eigenvalue weighted by Gasteiger charge is -2.12. The first-order chi connectivity index (χ1) is 14.2. The smallest absolute Gasteiger partial charge is 0.290 e. The number of hydrogen-bond donors (Lipinski definition) is 0. The maximum Gasteiger partial charge on any atom is 0.474 e. The van der Waals surface area contributed by atoms with Crippen molar-refractivity contribution in [2.45, 2.75) is 135 Å². The SMILES string of the molecule is CCCCCCCCCCCCCCCCCCCCCCOP(=O)(OC)OC. The monoisotopic (exact) mass is 434 g/mol. The summed E-state index contributed by atoms with van der Waals surface area (Å²) < 4.78 is 26.3. The van der Waals surface area contributed by atoms with Crippen LogP contribution in [0.4, 0.5) is 0 Å². The average Bonchev–Trinajstić information content (AvgIpc) is 2.74. The molecule has 0 radical (unpaired) electrons. The fraction of sp³-hybridized carbons (Fsp3) is 1.00. The number of unbranched alkanes of at least 4 members (excludes halogenated alkanes) is 19. The van der Waals surface area contributed by atoms with Crippen molar-refractivity contribution in [3.8, 4) is 0 Å². The van der Waals surface area contributed by atoms with Crippen LogP contribution in [0.3, 0.4) is 0 Å². The van der Waals surface area contributed by atoms with Gasteiger partial charge in [0.15, 0.2) is 0 Å². The maximum atomic E-state index is 11.7. The summed E-state index contributed by atoms with van der Waals surface area (Å²) in [4.78, 5) is 0. The van der Waals surface area contributed by atoms with Crippen molar-refractivity contribution in [3.63, 3.8) is 0 Å². The Labute approximate surface area is 182 Å². The molecule has 176 valence electrons. The minimum absolute atomic E-state index is 0.442. The summed E-state index contributed by atoms with van der Waals surface area (Å²) in [5, 5.41) is 0. The lowest BCUT2D eigenvalue weighted by molar-refractivity contribution is 0.150. The minimum Gasteiger partial charge on any atom is -0.290 e. The van der Waals surface area contributed by atoms with Gasteiger partial charge in [0.2, 0.25) is 0 Å². The Hall–Kier alpha value is 0.110. The van der Waals surface area contributed by atoms with Gasteiger partial charge in [0.1, 0.15) is 0 Å². The van der Waals surface area contributed by atoms with E-state index in [0.717, 1.165) is 12.8 Å². The lowest BCUT2D eigenvalue weighted by Crippen LogP contribution is -1.97. The topological polar surface area (TPSA) is 44.8 Å². The summed E-state index contributed by atoms with van der Waals surface area (Å²) in [5.41, 5.74) is 0. The first-order valence-corrected chi connectivity index (χ1v) is 14.0. The molecule has 0 fully saturated rings. The highest BCUT2D eigenvalue weighted by molar-refractivity contribution is 7.48. The van der Waals surface area contributed by atoms with Gasteiger partial charge in [0.05, 0.1) is 6.61 Å². The molecular formula is C24H51O4P. The summed E-state index contributed by atoms with van der Waals surface area (Å²) in [6.45, 7) is 2.73. The number of rotatable bonds is 24. The van der Waals surface area contributed by atoms with Crippen LogP contribution in [0.25, 0.3) is 0 Å². The molecule has 0 aromatic heterocycles. The predicted molar refractivity (Wildman–Crippen MR) is 126 cm³/mol. The van der Waals surface area contributed by atoms with Crippen LogP contribution >= 0.6 is 7.82 Å². The van der Waals surface area contributed by atoms with E-state index in [1.165, 1.54) is 130 Å². The van der Waals surface area contributed by atoms with Crippen LogP contribution in [0.5, 0.6) is 0 Å². The minimum atomic E-state index is -3.28. The van der Waals surface area contributed by atoms with Gasteiger partial charge in [-0.3, -0.25) is 13.6 Å². The zero-order valence-corrected chi connectivity index (χ0v) is 20.8. The Morgan fingerprint density at radius 3 is 1.03 bits per heavy atom. The summed E-state index contributed by atoms with van der Waals surface area (Å²) >= 11 is 0. The standard InChI is InChI=1S/C24H51O4P/c1-4-5-6-7-8-9-10-11-12-13-14-15-16-17-18-19-20-21-22-23-24-28-29(25,26-2)27-3/h4-24H2,1-3H3. The highest BCUT2D eigenvalue weighted by Crippen LogP contribution is 2.47. The van der Waals surface area contributed by atoms with E-state index in [1.807, 2.05) is 0 Å². The van der Waals surface area contributed by atoms with E-state index in [9.17, 15) is 4.57 Å². The van der Waals surface area contributed by atoms with Crippen molar-refractivity contribution in [2.24, 2.45) is 0 Å². The van der Waals surface area contributed by atoms with Crippen molar-refractivity contribution in [2.75, 3.05) is 20.8 Å². The molecule has 0 saturated carbocycles. The summed E-state index contributed by atoms with van der Waals surface area (Å²) in [6, 6.07) is 0. The normalized spacial score (nSPS) is 12.0. The molecule has 0 amide bonds. The first-order valence-electron chi connectivity index (χ1n) is 12.5. The third-order valence-electron chi connectivity index (χ3n) is 5.69. The molecule has 0 spiro atoms. The van der Waals surface area contributed by atoms with E-state index in [4.69, 9.17) is 13.6 Å². The zero-order valence-electron chi connectivity index (χ0n) is 19.9. The molecule has 0 saturated heterocycles. The third kappa shape index (κ3) is 21.1. The number of phosphoric acid groups is 1. The molecule has 0 aliphatic heterocycles. The van der Waals surface area contributed by atoms with Crippen molar-refractivity contribution in [1.82, 2.24) is 0 Å². The van der Waals surface area contributed by atoms with Crippen molar-refractivity contribution in [3.05, 3.63) is 0 Å². The number of phosphoric ester groups is 1. The quantitative estimate of drug-likeness (QED) is 0.112. The average molecular weight is 435 g/mol. The first kappa shape index (κ1) is 29.1. The molecule has 0 heterocycles. The van der Waals surface area contributed by atoms with Crippen LogP contribution in [0.15, 0.2) is 0 Å². The predicted octanol–water partition coefficient (Wildman–Crippen LogP) is 9.23. The molecule has 5 heteroatoms. The Balaban J connectivity index is 3.11. The maximum absolute atomic E-state index is 11.7. The van der Waals surface area contributed by atoms with E-state index in [2.05, 4.69) is 6.92 Å². The molecule has 4 nitrogen and oxygen atoms in total. The Kier molecular flexibility index (Phi) is 22.9. The molecule has 0 aliphatic carbocycles. The Morgan fingerprint density at radius 1 is 0.483 bits per heavy atom. The molecule has 0 bridgehead atoms. The summed E-state index contributed by atoms with van der Waals surface area (Å²) in [5.74, 6) is 0. The van der Waals surface area contributed by atoms with E-state index >= 15 is 0 Å². The molecule has 0 N–H and O–H groups in total. The molecule has 0 unspecified atom stereocenters. The van der Waals surface area contributed by atoms with Crippen LogP contribution in [-0.4, -0.2) is 20.8 Å². The highest BCUT2D eigenvalue weighted by atomic mass is 31.2. The second-order valence-electron chi connectivity index (χ2n) is 8.36. The van der Waals surface area contributed by atoms with Crippen LogP contribution < -0.4 is 0 Å². The van der Waals surface area contributed by atoms with Gasteiger partial charge in [-0.1, -0.05) is 129 Å². The molecule has 29 heavy (non-hydrogen) atoms. The van der Waals surface area contributed by atoms with E-state index in [1.54, 1.807) is 0 Å². The van der Waals surface area contributed by atoms with E-state index < -0.39 is 7.82 Å². The molecule has 0 aromatic rings. The van der Waals surface area contributed by atoms with Crippen molar-refractivity contribution >= 4 is 7.82 Å². The van der Waals surface area contributed by atoms with E-state index in [-0.39, 0.29) is 0 Å². The van der Waals surface area contributed by atoms with Crippen LogP contribution in [0, 0.1) is 0 Å². The lowest BCUT2D eigenvalue weighted by atomic mass is 10.0. The van der Waals surface area contributed by atoms with Gasteiger partial charge in [-0.2, -0.15) is 0 Å². The molecule has 0 aromatic carbocycles. The largest absolute Gasteiger partial charge is 0.474 e. The second-order valence-corrected chi connectivity index (χ2v) is 10.2. The third-order valence-corrected chi connectivity index (χ3v) is 7.09. The zero-order chi connectivity index (χ0) is 21.5. The van der Waals surface area contributed by atoms with Gasteiger partial charge in [-0.25, -0.2) is 4.57 Å². The molecule has 0 atom stereocenters. The van der Waals surface area contributed by atoms with Crippen LogP contribution in [0.1, 0.15) is 135 Å². The van der Waals surface area contributed by atoms with Crippen molar-refractivity contribution in [1.29, 1.82) is 0 Å². The van der Waals surface area contributed by atoms with Crippen molar-refractivity contribution < 1.29 is 18.1 Å². The van der Waals surface area contributed by atoms with Gasteiger partial charge in [0.25, 0.3) is 0 Å². The van der Waals surface area contributed by atoms with Gasteiger partial charge in [0, 0.05) is 14.2 Å². The Bertz CT molecular complexity index is 355. The van der Waals surface area contributed by atoms with Gasteiger partial charge in [-0.15, -0.1) is 0 Å². The summed E-state index contributed by atoms with van der Waals surface area (Å²) in [7, 11) is -0.579. The molecule has 0 rings (SSSR count). The fourth-order valence-corrected chi connectivity index (χ4v) is 4.43. The second kappa shape index (κ2) is 22.8. The van der Waals surface area contributed by atoms with Crippen LogP contribution in [-0.2, 0) is 18.1 Å². The van der Waals surface area contributed by atoms with Gasteiger partial charge < -0.3 is 0 Å². The van der Waals surface area contributed by atoms with Gasteiger partial charge in [-0.05, 0) is 6.42 Å². The summed E-state index contributed by atoms with van der Waals surface area (Å²) in [6.07, 6.45) is 27.3. The van der Waals surface area contributed by atoms with Crippen LogP contribution in [0.2, 0.25) is 0 Å². The Morgan fingerprint density at radius 2 is 0.759 bits per heavy atom. The molecule has 0 aliphatic rings. The van der Waals surface area contributed by atoms with Gasteiger partial charge >= 0.3 is 7.82 Å². The fourth-order valence-electron chi connectivity index (χ4n) is 3.71. The number of hydrogen-bond acceptors (Lipinski definition) is 4.